The van der Waals surface area contributed by atoms with Crippen LogP contribution < -0.4 is 5.73 Å². The van der Waals surface area contributed by atoms with E-state index < -0.39 is 0 Å². The first-order valence-electron chi connectivity index (χ1n) is 5.76. The first-order chi connectivity index (χ1) is 8.77. The second-order valence-electron chi connectivity index (χ2n) is 4.17. The quantitative estimate of drug-likeness (QED) is 0.818. The van der Waals surface area contributed by atoms with E-state index in [4.69, 9.17) is 21.8 Å². The van der Waals surface area contributed by atoms with Crippen molar-refractivity contribution in [2.45, 2.75) is 6.42 Å². The molecular formula is C15H12ClNO. The minimum absolute atomic E-state index is 0.372. The molecule has 2 N–H and O–H groups in total. The van der Waals surface area contributed by atoms with Crippen molar-refractivity contribution in [1.29, 1.82) is 0 Å². The summed E-state index contributed by atoms with van der Waals surface area (Å²) in [5, 5.41) is 1.62. The van der Waals surface area contributed by atoms with Gasteiger partial charge in [0.2, 0.25) is 0 Å². The van der Waals surface area contributed by atoms with Gasteiger partial charge in [0.25, 0.3) is 0 Å². The maximum Gasteiger partial charge on any atom is 0.200 e. The Morgan fingerprint density at radius 2 is 2.06 bits per heavy atom. The van der Waals surface area contributed by atoms with Crippen LogP contribution in [-0.4, -0.2) is 0 Å². The number of hydrogen-bond donors (Lipinski definition) is 1. The van der Waals surface area contributed by atoms with Gasteiger partial charge in [0.05, 0.1) is 10.6 Å². The van der Waals surface area contributed by atoms with Crippen molar-refractivity contribution in [3.63, 3.8) is 0 Å². The molecule has 1 aliphatic carbocycles. The lowest BCUT2D eigenvalue weighted by Gasteiger charge is -2.06. The summed E-state index contributed by atoms with van der Waals surface area (Å²) >= 11 is 6.47. The van der Waals surface area contributed by atoms with Crippen molar-refractivity contribution < 1.29 is 4.42 Å². The zero-order valence-corrected chi connectivity index (χ0v) is 10.4. The fraction of sp³-hybridized carbons (Fsp3) is 0.0667. The van der Waals surface area contributed by atoms with Crippen LogP contribution in [0.15, 0.2) is 58.6 Å². The van der Waals surface area contributed by atoms with Crippen LogP contribution in [0, 0.1) is 0 Å². The predicted molar refractivity (Wildman–Crippen MR) is 76.3 cm³/mol. The predicted octanol–water partition coefficient (Wildman–Crippen LogP) is 4.48. The lowest BCUT2D eigenvalue weighted by atomic mass is 10.0. The first kappa shape index (κ1) is 11.2. The molecule has 0 atom stereocenters. The highest BCUT2D eigenvalue weighted by atomic mass is 35.5. The smallest absolute Gasteiger partial charge is 0.200 e. The highest BCUT2D eigenvalue weighted by Crippen LogP contribution is 2.38. The van der Waals surface area contributed by atoms with Gasteiger partial charge in [-0.05, 0) is 18.1 Å². The molecule has 1 heterocycles. The van der Waals surface area contributed by atoms with Crippen LogP contribution in [0.25, 0.3) is 16.0 Å². The summed E-state index contributed by atoms with van der Waals surface area (Å²) in [5.41, 5.74) is 8.54. The second-order valence-corrected chi connectivity index (χ2v) is 4.55. The van der Waals surface area contributed by atoms with Gasteiger partial charge in [0.15, 0.2) is 5.88 Å². The van der Waals surface area contributed by atoms with Crippen molar-refractivity contribution in [2.24, 2.45) is 0 Å². The van der Waals surface area contributed by atoms with Crippen molar-refractivity contribution in [2.75, 3.05) is 5.73 Å². The monoisotopic (exact) mass is 257 g/mol. The van der Waals surface area contributed by atoms with Gasteiger partial charge < -0.3 is 10.2 Å². The van der Waals surface area contributed by atoms with Crippen molar-refractivity contribution in [3.8, 4) is 0 Å². The lowest BCUT2D eigenvalue weighted by molar-refractivity contribution is 0.636. The van der Waals surface area contributed by atoms with Gasteiger partial charge in [0, 0.05) is 5.39 Å². The third kappa shape index (κ3) is 1.75. The number of rotatable bonds is 1. The molecule has 0 saturated heterocycles. The van der Waals surface area contributed by atoms with Crippen LogP contribution in [-0.2, 0) is 0 Å². The Labute approximate surface area is 110 Å². The van der Waals surface area contributed by atoms with Crippen LogP contribution in [0.4, 0.5) is 5.88 Å². The number of nitrogens with two attached hydrogens (primary N) is 1. The normalized spacial score (nSPS) is 17.4. The van der Waals surface area contributed by atoms with Gasteiger partial charge in [-0.25, -0.2) is 0 Å². The number of allylic oxidation sites excluding steroid dienone is 5. The Balaban J connectivity index is 2.23. The largest absolute Gasteiger partial charge is 0.440 e. The fourth-order valence-electron chi connectivity index (χ4n) is 2.13. The van der Waals surface area contributed by atoms with E-state index in [9.17, 15) is 0 Å². The number of fused-ring (bicyclic) bond motifs is 1. The van der Waals surface area contributed by atoms with Crippen molar-refractivity contribution in [3.05, 3.63) is 59.7 Å². The van der Waals surface area contributed by atoms with Crippen molar-refractivity contribution >= 4 is 33.5 Å². The molecule has 0 aliphatic heterocycles. The van der Waals surface area contributed by atoms with E-state index in [-0.39, 0.29) is 0 Å². The summed E-state index contributed by atoms with van der Waals surface area (Å²) in [6.07, 6.45) is 8.86. The number of anilines is 1. The molecule has 0 amide bonds. The average molecular weight is 258 g/mol. The van der Waals surface area contributed by atoms with Gasteiger partial charge in [-0.3, -0.25) is 0 Å². The lowest BCUT2D eigenvalue weighted by Crippen LogP contribution is -1.90. The molecule has 1 aliphatic rings. The van der Waals surface area contributed by atoms with Crippen molar-refractivity contribution in [1.82, 2.24) is 0 Å². The Bertz CT molecular complexity index is 692. The second kappa shape index (κ2) is 4.39. The van der Waals surface area contributed by atoms with Crippen LogP contribution in [0.1, 0.15) is 12.0 Å². The highest BCUT2D eigenvalue weighted by Gasteiger charge is 2.16. The molecule has 0 unspecified atom stereocenters. The van der Waals surface area contributed by atoms with Gasteiger partial charge >= 0.3 is 0 Å². The third-order valence-corrected chi connectivity index (χ3v) is 3.44. The van der Waals surface area contributed by atoms with Gasteiger partial charge in [-0.1, -0.05) is 54.1 Å². The highest BCUT2D eigenvalue weighted by molar-refractivity contribution is 6.51. The summed E-state index contributed by atoms with van der Waals surface area (Å²) in [6, 6.07) is 7.72. The zero-order valence-electron chi connectivity index (χ0n) is 9.69. The molecule has 3 heteroatoms. The molecule has 0 fully saturated rings. The van der Waals surface area contributed by atoms with Crippen LogP contribution in [0.5, 0.6) is 0 Å². The Morgan fingerprint density at radius 1 is 1.22 bits per heavy atom. The van der Waals surface area contributed by atoms with E-state index in [0.29, 0.717) is 10.9 Å². The summed E-state index contributed by atoms with van der Waals surface area (Å²) in [6.45, 7) is 0. The van der Waals surface area contributed by atoms with Crippen LogP contribution >= 0.6 is 11.6 Å². The number of benzene rings is 1. The molecule has 3 rings (SSSR count). The van der Waals surface area contributed by atoms with Crippen LogP contribution in [0.3, 0.4) is 0 Å². The van der Waals surface area contributed by atoms with Gasteiger partial charge in [-0.15, -0.1) is 0 Å². The molecular weight excluding hydrogens is 246 g/mol. The molecule has 2 nitrogen and oxygen atoms in total. The molecule has 90 valence electrons. The molecule has 0 saturated carbocycles. The topological polar surface area (TPSA) is 39.2 Å². The van der Waals surface area contributed by atoms with Gasteiger partial charge in [-0.2, -0.15) is 0 Å². The van der Waals surface area contributed by atoms with E-state index >= 15 is 0 Å². The molecule has 18 heavy (non-hydrogen) atoms. The number of halogens is 1. The minimum Gasteiger partial charge on any atom is -0.440 e. The molecule has 0 bridgehead atoms. The van der Waals surface area contributed by atoms with E-state index in [0.717, 1.165) is 28.5 Å². The summed E-state index contributed by atoms with van der Waals surface area (Å²) in [5.74, 6) is 0.372. The number of para-hydroxylation sites is 1. The summed E-state index contributed by atoms with van der Waals surface area (Å²) in [4.78, 5) is 0. The maximum absolute atomic E-state index is 6.47. The molecule has 1 aromatic carbocycles. The van der Waals surface area contributed by atoms with E-state index in [1.54, 1.807) is 0 Å². The van der Waals surface area contributed by atoms with Crippen LogP contribution in [0.2, 0.25) is 0 Å². The fourth-order valence-corrected chi connectivity index (χ4v) is 2.46. The Kier molecular flexibility index (Phi) is 2.73. The molecule has 2 aromatic rings. The Hall–Kier alpha value is -1.93. The molecule has 1 aromatic heterocycles. The first-order valence-corrected chi connectivity index (χ1v) is 6.14. The maximum atomic E-state index is 6.47. The minimum atomic E-state index is 0.372. The van der Waals surface area contributed by atoms with E-state index in [1.807, 2.05) is 42.5 Å². The van der Waals surface area contributed by atoms with E-state index in [1.165, 1.54) is 0 Å². The standard InChI is InChI=1S/C15H12ClNO/c16-14(10-6-2-1-3-7-10)13-11-8-4-5-9-12(11)18-15(13)17/h1-6,8-9H,7,17H2/b14-10+. The summed E-state index contributed by atoms with van der Waals surface area (Å²) < 4.78 is 5.53. The molecule has 0 spiro atoms. The molecule has 0 radical (unpaired) electrons. The number of nitrogen functional groups attached to an aromatic ring is 1. The average Bonchev–Trinajstić information content (AvgIpc) is 2.75. The number of furan rings is 1. The zero-order chi connectivity index (χ0) is 12.5. The third-order valence-electron chi connectivity index (χ3n) is 3.01. The van der Waals surface area contributed by atoms with E-state index in [2.05, 4.69) is 6.08 Å². The van der Waals surface area contributed by atoms with Gasteiger partial charge in [0.1, 0.15) is 5.58 Å². The number of hydrogen-bond acceptors (Lipinski definition) is 2. The Morgan fingerprint density at radius 3 is 2.83 bits per heavy atom. The SMILES string of the molecule is Nc1oc2ccccc2c1/C(Cl)=C1/C=CC=CC1. The summed E-state index contributed by atoms with van der Waals surface area (Å²) in [7, 11) is 0.